The Morgan fingerprint density at radius 1 is 1.03 bits per heavy atom. The van der Waals surface area contributed by atoms with Gasteiger partial charge in [-0.05, 0) is 55.8 Å². The molecule has 0 spiro atoms. The highest BCUT2D eigenvalue weighted by molar-refractivity contribution is 7.89. The molecule has 1 N–H and O–H groups in total. The Hall–Kier alpha value is -3.53. The average Bonchev–Trinajstić information content (AvgIpc) is 3.30. The van der Waals surface area contributed by atoms with E-state index in [1.807, 2.05) is 68.4 Å². The normalized spacial score (nSPS) is 12.7. The summed E-state index contributed by atoms with van der Waals surface area (Å²) in [6, 6.07) is 22.9. The third kappa shape index (κ3) is 4.77. The van der Waals surface area contributed by atoms with Crippen molar-refractivity contribution in [2.45, 2.75) is 37.9 Å². The summed E-state index contributed by atoms with van der Waals surface area (Å²) in [4.78, 5) is 18.6. The van der Waals surface area contributed by atoms with Crippen LogP contribution in [0.1, 0.15) is 34.6 Å². The monoisotopic (exact) mass is 519 g/mol. The lowest BCUT2D eigenvalue weighted by atomic mass is 10.1. The van der Waals surface area contributed by atoms with Crippen molar-refractivity contribution in [1.82, 2.24) is 9.29 Å². The number of ether oxygens (including phenoxy) is 1. The van der Waals surface area contributed by atoms with E-state index in [0.29, 0.717) is 17.3 Å². The Balaban J connectivity index is 1.33. The summed E-state index contributed by atoms with van der Waals surface area (Å²) in [5.74, 6) is 0.414. The summed E-state index contributed by atoms with van der Waals surface area (Å²) in [7, 11) is -3.75. The highest BCUT2D eigenvalue weighted by Crippen LogP contribution is 2.40. The number of benzene rings is 3. The van der Waals surface area contributed by atoms with Gasteiger partial charge in [-0.1, -0.05) is 53.8 Å². The minimum Gasteiger partial charge on any atom is -0.487 e. The smallest absolute Gasteiger partial charge is 0.257 e. The van der Waals surface area contributed by atoms with Gasteiger partial charge in [-0.3, -0.25) is 10.1 Å². The van der Waals surface area contributed by atoms with Crippen LogP contribution in [0.15, 0.2) is 83.8 Å². The van der Waals surface area contributed by atoms with E-state index in [4.69, 9.17) is 4.74 Å². The Labute approximate surface area is 214 Å². The van der Waals surface area contributed by atoms with Crippen molar-refractivity contribution in [1.29, 1.82) is 0 Å². The molecule has 184 valence electrons. The summed E-state index contributed by atoms with van der Waals surface area (Å²) in [5, 5.41) is 3.30. The van der Waals surface area contributed by atoms with Gasteiger partial charge >= 0.3 is 0 Å². The quantitative estimate of drug-likeness (QED) is 0.346. The molecule has 0 atom stereocenters. The lowest BCUT2D eigenvalue weighted by molar-refractivity contribution is 0.102. The molecule has 5 rings (SSSR count). The molecule has 0 saturated heterocycles. The number of carbonyl (C=O) groups excluding carboxylic acids is 1. The molecule has 0 saturated carbocycles. The van der Waals surface area contributed by atoms with E-state index in [-0.39, 0.29) is 23.4 Å². The van der Waals surface area contributed by atoms with Crippen LogP contribution in [-0.4, -0.2) is 29.7 Å². The van der Waals surface area contributed by atoms with Gasteiger partial charge in [0, 0.05) is 23.7 Å². The molecule has 4 aromatic rings. The number of thiazole rings is 1. The molecule has 1 aromatic heterocycles. The minimum absolute atomic E-state index is 0.141. The standard InChI is InChI=1S/C27H25N3O4S2/c1-18(2)30(16-19-8-4-3-5-9-19)36(32,33)21-14-12-20(13-15-21)26(31)29-27-28-25-22-10-6-7-11-23(22)34-17-24(25)35-27/h3-15,18H,16-17H2,1-2H3,(H,28,29,31). The lowest BCUT2D eigenvalue weighted by Crippen LogP contribution is -2.36. The molecule has 0 fully saturated rings. The molecule has 1 amide bonds. The van der Waals surface area contributed by atoms with Crippen molar-refractivity contribution in [2.24, 2.45) is 0 Å². The summed E-state index contributed by atoms with van der Waals surface area (Å²) >= 11 is 1.37. The molecule has 1 aliphatic heterocycles. The van der Waals surface area contributed by atoms with Crippen LogP contribution in [0.25, 0.3) is 11.3 Å². The second kappa shape index (κ2) is 9.85. The Bertz CT molecular complexity index is 1500. The predicted molar refractivity (Wildman–Crippen MR) is 141 cm³/mol. The molecule has 0 aliphatic carbocycles. The van der Waals surface area contributed by atoms with Crippen LogP contribution in [0.4, 0.5) is 5.13 Å². The van der Waals surface area contributed by atoms with Crippen LogP contribution in [0.5, 0.6) is 5.75 Å². The van der Waals surface area contributed by atoms with Gasteiger partial charge in [-0.2, -0.15) is 4.31 Å². The largest absolute Gasteiger partial charge is 0.487 e. The van der Waals surface area contributed by atoms with Gasteiger partial charge < -0.3 is 4.74 Å². The first-order chi connectivity index (χ1) is 17.3. The number of para-hydroxylation sites is 1. The fourth-order valence-corrected chi connectivity index (χ4v) is 6.55. The predicted octanol–water partition coefficient (Wildman–Crippen LogP) is 5.55. The van der Waals surface area contributed by atoms with E-state index >= 15 is 0 Å². The van der Waals surface area contributed by atoms with Crippen LogP contribution < -0.4 is 10.1 Å². The van der Waals surface area contributed by atoms with Crippen molar-refractivity contribution < 1.29 is 17.9 Å². The molecular formula is C27H25N3O4S2. The summed E-state index contributed by atoms with van der Waals surface area (Å²) < 4.78 is 34.0. The third-order valence-electron chi connectivity index (χ3n) is 5.90. The molecule has 0 bridgehead atoms. The van der Waals surface area contributed by atoms with Crippen LogP contribution >= 0.6 is 11.3 Å². The number of carbonyl (C=O) groups is 1. The van der Waals surface area contributed by atoms with Gasteiger partial charge in [0.25, 0.3) is 5.91 Å². The third-order valence-corrected chi connectivity index (χ3v) is 8.88. The van der Waals surface area contributed by atoms with E-state index in [1.165, 1.54) is 39.9 Å². The molecule has 1 aliphatic rings. The maximum atomic E-state index is 13.4. The first-order valence-electron chi connectivity index (χ1n) is 11.5. The van der Waals surface area contributed by atoms with Crippen molar-refractivity contribution in [3.8, 4) is 17.0 Å². The first-order valence-corrected chi connectivity index (χ1v) is 13.8. The Morgan fingerprint density at radius 2 is 1.72 bits per heavy atom. The number of hydrogen-bond donors (Lipinski definition) is 1. The summed E-state index contributed by atoms with van der Waals surface area (Å²) in [6.45, 7) is 4.37. The number of sulfonamides is 1. The number of nitrogens with one attached hydrogen (secondary N) is 1. The number of nitrogens with zero attached hydrogens (tertiary/aromatic N) is 2. The lowest BCUT2D eigenvalue weighted by Gasteiger charge is -2.26. The fourth-order valence-electron chi connectivity index (χ4n) is 4.04. The van der Waals surface area contributed by atoms with E-state index < -0.39 is 10.0 Å². The van der Waals surface area contributed by atoms with E-state index in [2.05, 4.69) is 10.3 Å². The van der Waals surface area contributed by atoms with Crippen molar-refractivity contribution in [3.63, 3.8) is 0 Å². The van der Waals surface area contributed by atoms with E-state index in [9.17, 15) is 13.2 Å². The zero-order valence-electron chi connectivity index (χ0n) is 19.8. The maximum Gasteiger partial charge on any atom is 0.257 e. The van der Waals surface area contributed by atoms with Gasteiger partial charge in [0.1, 0.15) is 12.4 Å². The molecule has 9 heteroatoms. The summed E-state index contributed by atoms with van der Waals surface area (Å²) in [5.41, 5.74) is 2.96. The molecule has 0 radical (unpaired) electrons. The van der Waals surface area contributed by atoms with Crippen molar-refractivity contribution >= 4 is 32.4 Å². The Morgan fingerprint density at radius 3 is 2.44 bits per heavy atom. The van der Waals surface area contributed by atoms with Crippen LogP contribution in [0.2, 0.25) is 0 Å². The number of hydrogen-bond acceptors (Lipinski definition) is 6. The van der Waals surface area contributed by atoms with Gasteiger partial charge in [0.2, 0.25) is 10.0 Å². The molecular weight excluding hydrogens is 494 g/mol. The van der Waals surface area contributed by atoms with Gasteiger partial charge in [-0.25, -0.2) is 13.4 Å². The molecule has 0 unspecified atom stereocenters. The molecule has 3 aromatic carbocycles. The number of amides is 1. The summed E-state index contributed by atoms with van der Waals surface area (Å²) in [6.07, 6.45) is 0. The second-order valence-electron chi connectivity index (χ2n) is 8.68. The minimum atomic E-state index is -3.75. The zero-order chi connectivity index (χ0) is 25.3. The van der Waals surface area contributed by atoms with Crippen LogP contribution in [-0.2, 0) is 23.2 Å². The van der Waals surface area contributed by atoms with E-state index in [1.54, 1.807) is 0 Å². The maximum absolute atomic E-state index is 13.4. The van der Waals surface area contributed by atoms with Gasteiger partial charge in [-0.15, -0.1) is 0 Å². The van der Waals surface area contributed by atoms with Crippen LogP contribution in [0, 0.1) is 0 Å². The molecule has 36 heavy (non-hydrogen) atoms. The highest BCUT2D eigenvalue weighted by atomic mass is 32.2. The number of rotatable bonds is 7. The zero-order valence-corrected chi connectivity index (χ0v) is 21.5. The average molecular weight is 520 g/mol. The SMILES string of the molecule is CC(C)N(Cc1ccccc1)S(=O)(=O)c1ccc(C(=O)Nc2nc3c(s2)COc2ccccc2-3)cc1. The topological polar surface area (TPSA) is 88.6 Å². The number of aromatic nitrogens is 1. The van der Waals surface area contributed by atoms with E-state index in [0.717, 1.165) is 27.4 Å². The van der Waals surface area contributed by atoms with Gasteiger partial charge in [0.15, 0.2) is 5.13 Å². The molecule has 2 heterocycles. The van der Waals surface area contributed by atoms with Crippen LogP contribution in [0.3, 0.4) is 0 Å². The number of anilines is 1. The number of fused-ring (bicyclic) bond motifs is 3. The van der Waals surface area contributed by atoms with Gasteiger partial charge in [0.05, 0.1) is 15.5 Å². The van der Waals surface area contributed by atoms with Crippen molar-refractivity contribution in [3.05, 3.63) is 94.9 Å². The second-order valence-corrected chi connectivity index (χ2v) is 11.7. The fraction of sp³-hybridized carbons (Fsp3) is 0.185. The van der Waals surface area contributed by atoms with Crippen molar-refractivity contribution in [2.75, 3.05) is 5.32 Å². The Kier molecular flexibility index (Phi) is 6.61. The molecule has 7 nitrogen and oxygen atoms in total. The highest BCUT2D eigenvalue weighted by Gasteiger charge is 2.28. The first kappa shape index (κ1) is 24.2.